The van der Waals surface area contributed by atoms with Gasteiger partial charge < -0.3 is 9.84 Å². The van der Waals surface area contributed by atoms with Crippen LogP contribution in [0.2, 0.25) is 0 Å². The van der Waals surface area contributed by atoms with Gasteiger partial charge in [0, 0.05) is 12.3 Å². The Kier molecular flexibility index (Phi) is 3.44. The fraction of sp³-hybridized carbons (Fsp3) is 1.00. The highest BCUT2D eigenvalue weighted by molar-refractivity contribution is 8.18. The highest BCUT2D eigenvalue weighted by Gasteiger charge is 2.51. The summed E-state index contributed by atoms with van der Waals surface area (Å²) in [5, 5.41) is 9.92. The Morgan fingerprint density at radius 1 is 1.06 bits per heavy atom. The lowest BCUT2D eigenvalue weighted by atomic mass is 9.81. The van der Waals surface area contributed by atoms with E-state index in [-0.39, 0.29) is 4.08 Å². The van der Waals surface area contributed by atoms with E-state index in [1.165, 1.54) is 37.2 Å². The molecule has 1 unspecified atom stereocenters. The Bertz CT molecular complexity index is 253. The van der Waals surface area contributed by atoms with Gasteiger partial charge in [0.15, 0.2) is 6.29 Å². The predicted octanol–water partition coefficient (Wildman–Crippen LogP) is 2.85. The largest absolute Gasteiger partial charge is 0.368 e. The number of fused-ring (bicyclic) bond motifs is 2. The maximum Gasteiger partial charge on any atom is 0.157 e. The second-order valence-corrected chi connectivity index (χ2v) is 8.20. The van der Waals surface area contributed by atoms with E-state index in [4.69, 9.17) is 4.74 Å². The van der Waals surface area contributed by atoms with Gasteiger partial charge in [0.2, 0.25) is 0 Å². The molecule has 3 atom stereocenters. The molecular weight excluding hydrogens is 240 g/mol. The second-order valence-electron chi connectivity index (χ2n) is 5.09. The first-order valence-electron chi connectivity index (χ1n) is 6.42. The van der Waals surface area contributed by atoms with Crippen molar-refractivity contribution in [2.24, 2.45) is 5.92 Å². The maximum absolute atomic E-state index is 9.92. The average molecular weight is 260 g/mol. The van der Waals surface area contributed by atoms with Crippen LogP contribution in [0.4, 0.5) is 0 Å². The number of aliphatic hydroxyl groups excluding tert-OH is 1. The van der Waals surface area contributed by atoms with Crippen LogP contribution in [0.3, 0.4) is 0 Å². The number of hydrogen-bond donors (Lipinski definition) is 1. The molecule has 0 aromatic heterocycles. The molecule has 0 amide bonds. The minimum atomic E-state index is -0.516. The van der Waals surface area contributed by atoms with Crippen molar-refractivity contribution in [3.63, 3.8) is 0 Å². The van der Waals surface area contributed by atoms with Gasteiger partial charge in [0.25, 0.3) is 0 Å². The summed E-state index contributed by atoms with van der Waals surface area (Å²) in [6, 6.07) is 0. The highest BCUT2D eigenvalue weighted by atomic mass is 32.2. The van der Waals surface area contributed by atoms with Crippen LogP contribution >= 0.6 is 23.5 Å². The summed E-state index contributed by atoms with van der Waals surface area (Å²) in [4.78, 5) is 0. The third-order valence-electron chi connectivity index (χ3n) is 4.04. The minimum Gasteiger partial charge on any atom is -0.368 e. The maximum atomic E-state index is 9.92. The Morgan fingerprint density at radius 3 is 2.62 bits per heavy atom. The van der Waals surface area contributed by atoms with E-state index < -0.39 is 6.29 Å². The lowest BCUT2D eigenvalue weighted by Crippen LogP contribution is -2.52. The molecule has 0 aromatic rings. The molecule has 3 fully saturated rings. The zero-order valence-electron chi connectivity index (χ0n) is 9.56. The number of ether oxygens (including phenoxy) is 1. The first-order valence-corrected chi connectivity index (χ1v) is 8.39. The summed E-state index contributed by atoms with van der Waals surface area (Å²) in [5.74, 6) is 3.21. The molecule has 3 rings (SSSR count). The molecule has 3 aliphatic rings. The van der Waals surface area contributed by atoms with Crippen molar-refractivity contribution in [1.82, 2.24) is 0 Å². The van der Waals surface area contributed by atoms with E-state index >= 15 is 0 Å². The van der Waals surface area contributed by atoms with E-state index in [1.54, 1.807) is 0 Å². The Balaban J connectivity index is 1.82. The SMILES string of the molecule is OC1CC2(SCCCS2)[C@H]2CCCC[C@@H]2O1. The molecule has 1 aliphatic carbocycles. The van der Waals surface area contributed by atoms with Crippen LogP contribution in [0.5, 0.6) is 0 Å². The first kappa shape index (κ1) is 11.7. The molecule has 92 valence electrons. The Hall–Kier alpha value is 0.620. The van der Waals surface area contributed by atoms with Gasteiger partial charge >= 0.3 is 0 Å². The van der Waals surface area contributed by atoms with Gasteiger partial charge in [0.05, 0.1) is 10.2 Å². The molecular formula is C12H20O2S2. The van der Waals surface area contributed by atoms with Gasteiger partial charge in [-0.05, 0) is 30.8 Å². The fourth-order valence-electron chi connectivity index (χ4n) is 3.33. The molecule has 0 aromatic carbocycles. The lowest BCUT2D eigenvalue weighted by Gasteiger charge is -2.52. The third kappa shape index (κ3) is 2.02. The quantitative estimate of drug-likeness (QED) is 0.725. The van der Waals surface area contributed by atoms with Gasteiger partial charge in [-0.25, -0.2) is 0 Å². The number of aliphatic hydroxyl groups is 1. The average Bonchev–Trinajstić information content (AvgIpc) is 2.30. The van der Waals surface area contributed by atoms with Crippen LogP contribution in [0.1, 0.15) is 38.5 Å². The summed E-state index contributed by atoms with van der Waals surface area (Å²) in [6.45, 7) is 0. The van der Waals surface area contributed by atoms with Gasteiger partial charge in [-0.2, -0.15) is 0 Å². The first-order chi connectivity index (χ1) is 7.80. The molecule has 1 spiro atoms. The van der Waals surface area contributed by atoms with Gasteiger partial charge in [0.1, 0.15) is 0 Å². The van der Waals surface area contributed by atoms with E-state index in [9.17, 15) is 5.11 Å². The number of rotatable bonds is 0. The monoisotopic (exact) mass is 260 g/mol. The zero-order chi connectivity index (χ0) is 11.0. The summed E-state index contributed by atoms with van der Waals surface area (Å²) in [7, 11) is 0. The van der Waals surface area contributed by atoms with Crippen molar-refractivity contribution < 1.29 is 9.84 Å². The molecule has 2 aliphatic heterocycles. The molecule has 1 N–H and O–H groups in total. The lowest BCUT2D eigenvalue weighted by molar-refractivity contribution is -0.191. The van der Waals surface area contributed by atoms with E-state index in [1.807, 2.05) is 0 Å². The number of thioether (sulfide) groups is 2. The number of hydrogen-bond acceptors (Lipinski definition) is 4. The van der Waals surface area contributed by atoms with Crippen molar-refractivity contribution in [2.45, 2.75) is 55.0 Å². The molecule has 0 bridgehead atoms. The highest BCUT2D eigenvalue weighted by Crippen LogP contribution is 2.57. The van der Waals surface area contributed by atoms with Crippen molar-refractivity contribution in [3.8, 4) is 0 Å². The normalized spacial score (nSPS) is 42.9. The zero-order valence-corrected chi connectivity index (χ0v) is 11.2. The smallest absolute Gasteiger partial charge is 0.157 e. The van der Waals surface area contributed by atoms with Crippen LogP contribution in [-0.2, 0) is 4.74 Å². The predicted molar refractivity (Wildman–Crippen MR) is 69.7 cm³/mol. The van der Waals surface area contributed by atoms with Gasteiger partial charge in [-0.1, -0.05) is 12.8 Å². The van der Waals surface area contributed by atoms with Crippen molar-refractivity contribution >= 4 is 23.5 Å². The minimum absolute atomic E-state index is 0.279. The van der Waals surface area contributed by atoms with E-state index in [0.29, 0.717) is 12.0 Å². The van der Waals surface area contributed by atoms with E-state index in [0.717, 1.165) is 12.8 Å². The van der Waals surface area contributed by atoms with Crippen LogP contribution in [0, 0.1) is 5.92 Å². The van der Waals surface area contributed by atoms with Crippen molar-refractivity contribution in [1.29, 1.82) is 0 Å². The van der Waals surface area contributed by atoms with Crippen LogP contribution in [0.15, 0.2) is 0 Å². The Morgan fingerprint density at radius 2 is 1.81 bits per heavy atom. The summed E-state index contributed by atoms with van der Waals surface area (Å²) >= 11 is 4.20. The summed E-state index contributed by atoms with van der Waals surface area (Å²) < 4.78 is 6.03. The van der Waals surface area contributed by atoms with Crippen LogP contribution in [-0.4, -0.2) is 33.1 Å². The van der Waals surface area contributed by atoms with Crippen molar-refractivity contribution in [3.05, 3.63) is 0 Å². The van der Waals surface area contributed by atoms with Crippen molar-refractivity contribution in [2.75, 3.05) is 11.5 Å². The second kappa shape index (κ2) is 4.71. The molecule has 2 heterocycles. The molecule has 4 heteroatoms. The molecule has 2 nitrogen and oxygen atoms in total. The molecule has 1 saturated carbocycles. The summed E-state index contributed by atoms with van der Waals surface area (Å²) in [5.41, 5.74) is 0. The molecule has 16 heavy (non-hydrogen) atoms. The summed E-state index contributed by atoms with van der Waals surface area (Å²) in [6.07, 6.45) is 7.06. The van der Waals surface area contributed by atoms with Gasteiger partial charge in [-0.15, -0.1) is 23.5 Å². The third-order valence-corrected chi connectivity index (χ3v) is 7.65. The van der Waals surface area contributed by atoms with Crippen LogP contribution < -0.4 is 0 Å². The molecule has 2 saturated heterocycles. The standard InChI is InChI=1S/C12H20O2S2/c13-11-8-12(15-6-3-7-16-12)9-4-1-2-5-10(9)14-11/h9-11,13H,1-8H2/t9-,10-,11?/m0/s1. The van der Waals surface area contributed by atoms with E-state index in [2.05, 4.69) is 23.5 Å². The topological polar surface area (TPSA) is 29.5 Å². The molecule has 0 radical (unpaired) electrons. The Labute approximate surface area is 106 Å². The van der Waals surface area contributed by atoms with Crippen LogP contribution in [0.25, 0.3) is 0 Å². The fourth-order valence-corrected chi connectivity index (χ4v) is 7.10. The van der Waals surface area contributed by atoms with Gasteiger partial charge in [-0.3, -0.25) is 0 Å².